The van der Waals surface area contributed by atoms with Crippen LogP contribution in [-0.4, -0.2) is 37.3 Å². The number of fused-ring (bicyclic) bond motifs is 1. The van der Waals surface area contributed by atoms with Crippen molar-refractivity contribution >= 4 is 45.3 Å². The van der Waals surface area contributed by atoms with Crippen LogP contribution in [0.2, 0.25) is 0 Å². The topological polar surface area (TPSA) is 109 Å². The van der Waals surface area contributed by atoms with Gasteiger partial charge in [-0.3, -0.25) is 9.36 Å². The third kappa shape index (κ3) is 5.42. The third-order valence-corrected chi connectivity index (χ3v) is 8.08. The van der Waals surface area contributed by atoms with Crippen LogP contribution in [0.5, 0.6) is 5.75 Å². The Morgan fingerprint density at radius 1 is 1.12 bits per heavy atom. The first-order valence-electron chi connectivity index (χ1n) is 12.6. The molecule has 41 heavy (non-hydrogen) atoms. The first-order valence-corrected chi connectivity index (χ1v) is 14.2. The van der Waals surface area contributed by atoms with Crippen LogP contribution in [0.3, 0.4) is 0 Å². The average molecular weight is 638 g/mol. The number of hydrogen-bond acceptors (Lipinski definition) is 9. The number of aromatic nitrogens is 1. The molecule has 0 amide bonds. The summed E-state index contributed by atoms with van der Waals surface area (Å²) < 4.78 is 24.1. The van der Waals surface area contributed by atoms with E-state index in [2.05, 4.69) is 20.9 Å². The van der Waals surface area contributed by atoms with Gasteiger partial charge in [0.05, 0.1) is 52.7 Å². The molecule has 0 bridgehead atoms. The molecule has 9 nitrogen and oxygen atoms in total. The largest absolute Gasteiger partial charge is 0.496 e. The minimum atomic E-state index is -0.761. The van der Waals surface area contributed by atoms with Gasteiger partial charge in [-0.25, -0.2) is 14.6 Å². The SMILES string of the molecule is CCOC(=O)C1=C(C)N=c2s/c(=C\c3ccc(-c4cccc(C(=O)OC)c4)o3)c(=O)n2[C@H]1c1ccc(OC)c(Br)c1. The van der Waals surface area contributed by atoms with E-state index in [1.165, 1.54) is 23.0 Å². The number of hydrogen-bond donors (Lipinski definition) is 0. The molecule has 0 aliphatic carbocycles. The molecule has 2 aromatic carbocycles. The van der Waals surface area contributed by atoms with Crippen molar-refractivity contribution in [2.24, 2.45) is 4.99 Å². The molecule has 0 saturated carbocycles. The quantitative estimate of drug-likeness (QED) is 0.272. The number of ether oxygens (including phenoxy) is 3. The lowest BCUT2D eigenvalue weighted by atomic mass is 9.96. The number of halogens is 1. The second-order valence-corrected chi connectivity index (χ2v) is 10.8. The first kappa shape index (κ1) is 28.3. The van der Waals surface area contributed by atoms with E-state index in [4.69, 9.17) is 18.6 Å². The highest BCUT2D eigenvalue weighted by Crippen LogP contribution is 2.35. The lowest BCUT2D eigenvalue weighted by molar-refractivity contribution is -0.139. The fourth-order valence-corrected chi connectivity index (χ4v) is 6.18. The molecule has 1 aliphatic heterocycles. The van der Waals surface area contributed by atoms with Crippen molar-refractivity contribution in [1.29, 1.82) is 0 Å². The highest BCUT2D eigenvalue weighted by atomic mass is 79.9. The highest BCUT2D eigenvalue weighted by Gasteiger charge is 2.33. The number of carbonyl (C=O) groups excluding carboxylic acids is 2. The van der Waals surface area contributed by atoms with Gasteiger partial charge in [-0.2, -0.15) is 0 Å². The van der Waals surface area contributed by atoms with Crippen LogP contribution in [0.4, 0.5) is 0 Å². The maximum Gasteiger partial charge on any atom is 0.338 e. The van der Waals surface area contributed by atoms with Crippen molar-refractivity contribution in [3.63, 3.8) is 0 Å². The lowest BCUT2D eigenvalue weighted by Crippen LogP contribution is -2.39. The molecular weight excluding hydrogens is 612 g/mol. The predicted octanol–water partition coefficient (Wildman–Crippen LogP) is 4.62. The number of methoxy groups -OCH3 is 2. The Bertz CT molecular complexity index is 1880. The van der Waals surface area contributed by atoms with Gasteiger partial charge in [0.1, 0.15) is 17.3 Å². The molecular formula is C30H25BrN2O7S. The van der Waals surface area contributed by atoms with Crippen LogP contribution in [0.15, 0.2) is 84.5 Å². The van der Waals surface area contributed by atoms with E-state index in [0.29, 0.717) is 53.5 Å². The monoisotopic (exact) mass is 636 g/mol. The summed E-state index contributed by atoms with van der Waals surface area (Å²) in [4.78, 5) is 43.9. The van der Waals surface area contributed by atoms with E-state index >= 15 is 0 Å². The van der Waals surface area contributed by atoms with Crippen LogP contribution in [0, 0.1) is 0 Å². The second kappa shape index (κ2) is 11.7. The molecule has 2 aromatic heterocycles. The Kier molecular flexibility index (Phi) is 8.09. The van der Waals surface area contributed by atoms with Crippen LogP contribution >= 0.6 is 27.3 Å². The maximum absolute atomic E-state index is 13.8. The van der Waals surface area contributed by atoms with Crippen LogP contribution in [-0.2, 0) is 14.3 Å². The van der Waals surface area contributed by atoms with Crippen molar-refractivity contribution in [3.05, 3.63) is 107 Å². The molecule has 1 aliphatic rings. The highest BCUT2D eigenvalue weighted by molar-refractivity contribution is 9.10. The summed E-state index contributed by atoms with van der Waals surface area (Å²) >= 11 is 4.71. The Balaban J connectivity index is 1.61. The predicted molar refractivity (Wildman–Crippen MR) is 157 cm³/mol. The molecule has 210 valence electrons. The van der Waals surface area contributed by atoms with Gasteiger partial charge in [0.15, 0.2) is 4.80 Å². The average Bonchev–Trinajstić information content (AvgIpc) is 3.56. The summed E-state index contributed by atoms with van der Waals surface area (Å²) in [5, 5.41) is 0. The summed E-state index contributed by atoms with van der Waals surface area (Å²) in [6.07, 6.45) is 1.64. The van der Waals surface area contributed by atoms with Crippen molar-refractivity contribution in [3.8, 4) is 17.1 Å². The molecule has 0 fully saturated rings. The first-order chi connectivity index (χ1) is 19.7. The van der Waals surface area contributed by atoms with Crippen LogP contribution in [0.25, 0.3) is 17.4 Å². The van der Waals surface area contributed by atoms with Crippen LogP contribution < -0.4 is 19.6 Å². The summed E-state index contributed by atoms with van der Waals surface area (Å²) in [7, 11) is 2.89. The van der Waals surface area contributed by atoms with E-state index in [9.17, 15) is 14.4 Å². The molecule has 0 saturated heterocycles. The number of benzene rings is 2. The molecule has 0 N–H and O–H groups in total. The Morgan fingerprint density at radius 3 is 2.63 bits per heavy atom. The van der Waals surface area contributed by atoms with E-state index in [-0.39, 0.29) is 17.7 Å². The minimum Gasteiger partial charge on any atom is -0.496 e. The molecule has 0 radical (unpaired) electrons. The summed E-state index contributed by atoms with van der Waals surface area (Å²) in [5.74, 6) is 0.598. The van der Waals surface area contributed by atoms with Crippen molar-refractivity contribution in [1.82, 2.24) is 4.57 Å². The Hall–Kier alpha value is -4.22. The van der Waals surface area contributed by atoms with Gasteiger partial charge in [-0.15, -0.1) is 0 Å². The lowest BCUT2D eigenvalue weighted by Gasteiger charge is -2.25. The number of rotatable bonds is 7. The summed E-state index contributed by atoms with van der Waals surface area (Å²) in [5.41, 5.74) is 2.20. The number of furan rings is 1. The molecule has 3 heterocycles. The van der Waals surface area contributed by atoms with Gasteiger partial charge in [0.2, 0.25) is 0 Å². The van der Waals surface area contributed by atoms with Gasteiger partial charge in [-0.1, -0.05) is 29.5 Å². The number of nitrogens with zero attached hydrogens (tertiary/aromatic N) is 2. The van der Waals surface area contributed by atoms with E-state index in [1.807, 2.05) is 18.2 Å². The van der Waals surface area contributed by atoms with Crippen molar-refractivity contribution < 1.29 is 28.2 Å². The summed E-state index contributed by atoms with van der Waals surface area (Å²) in [6.45, 7) is 3.64. The van der Waals surface area contributed by atoms with Gasteiger partial charge in [0, 0.05) is 11.6 Å². The maximum atomic E-state index is 13.8. The minimum absolute atomic E-state index is 0.183. The molecule has 0 unspecified atom stereocenters. The second-order valence-electron chi connectivity index (χ2n) is 8.97. The van der Waals surface area contributed by atoms with E-state index in [0.717, 1.165) is 0 Å². The summed E-state index contributed by atoms with van der Waals surface area (Å²) in [6, 6.07) is 15.0. The molecule has 1 atom stereocenters. The van der Waals surface area contributed by atoms with Gasteiger partial charge < -0.3 is 18.6 Å². The van der Waals surface area contributed by atoms with Crippen molar-refractivity contribution in [2.75, 3.05) is 20.8 Å². The smallest absolute Gasteiger partial charge is 0.338 e. The normalized spacial score (nSPS) is 14.9. The van der Waals surface area contributed by atoms with Crippen LogP contribution in [0.1, 0.15) is 41.6 Å². The number of thiazole rings is 1. The Morgan fingerprint density at radius 2 is 1.93 bits per heavy atom. The van der Waals surface area contributed by atoms with Gasteiger partial charge in [0.25, 0.3) is 5.56 Å². The van der Waals surface area contributed by atoms with E-state index in [1.54, 1.807) is 63.4 Å². The fourth-order valence-electron chi connectivity index (χ4n) is 4.59. The number of allylic oxidation sites excluding steroid dienone is 1. The zero-order valence-corrected chi connectivity index (χ0v) is 25.0. The molecule has 4 aromatic rings. The standard InChI is InChI=1S/C30H25BrN2O7S/c1-5-39-29(36)25-16(2)32-30-33(26(25)18-9-11-23(37-3)21(31)14-18)27(34)24(41-30)15-20-10-12-22(40-20)17-7-6-8-19(13-17)28(35)38-4/h6-15,26H,5H2,1-4H3/b24-15-/t26-/m0/s1. The van der Waals surface area contributed by atoms with Crippen molar-refractivity contribution in [2.45, 2.75) is 19.9 Å². The third-order valence-electron chi connectivity index (χ3n) is 6.48. The zero-order chi connectivity index (χ0) is 29.3. The van der Waals surface area contributed by atoms with Gasteiger partial charge >= 0.3 is 11.9 Å². The number of carbonyl (C=O) groups is 2. The Labute approximate surface area is 247 Å². The molecule has 11 heteroatoms. The number of esters is 2. The fraction of sp³-hybridized carbons (Fsp3) is 0.200. The molecule has 5 rings (SSSR count). The molecule has 0 spiro atoms. The van der Waals surface area contributed by atoms with E-state index < -0.39 is 18.0 Å². The van der Waals surface area contributed by atoms with Gasteiger partial charge in [-0.05, 0) is 71.7 Å². The zero-order valence-electron chi connectivity index (χ0n) is 22.6.